The number of hydrogen-bond donors (Lipinski definition) is 0. The second-order valence-electron chi connectivity index (χ2n) is 4.99. The molecule has 0 bridgehead atoms. The number of hydrogen-bond acceptors (Lipinski definition) is 4. The van der Waals surface area contributed by atoms with E-state index in [1.807, 2.05) is 18.2 Å². The molecule has 1 unspecified atom stereocenters. The van der Waals surface area contributed by atoms with Gasteiger partial charge in [-0.3, -0.25) is 9.59 Å². The molecule has 0 N–H and O–H groups in total. The Balaban J connectivity index is 2.22. The molecule has 1 aromatic rings. The predicted octanol–water partition coefficient (Wildman–Crippen LogP) is 2.23. The van der Waals surface area contributed by atoms with Crippen LogP contribution in [0.1, 0.15) is 12.5 Å². The Kier molecular flexibility index (Phi) is 7.90. The zero-order valence-corrected chi connectivity index (χ0v) is 13.7. The molecule has 0 aliphatic heterocycles. The van der Waals surface area contributed by atoms with Crippen LogP contribution in [0.15, 0.2) is 30.3 Å². The number of ether oxygens (including phenoxy) is 1. The normalized spacial score (nSPS) is 11.8. The van der Waals surface area contributed by atoms with Gasteiger partial charge in [0.15, 0.2) is 0 Å². The summed E-state index contributed by atoms with van der Waals surface area (Å²) in [4.78, 5) is 24.9. The number of esters is 1. The van der Waals surface area contributed by atoms with Gasteiger partial charge in [-0.2, -0.15) is 11.8 Å². The lowest BCUT2D eigenvalue weighted by atomic mass is 10.2. The van der Waals surface area contributed by atoms with E-state index >= 15 is 0 Å². The maximum atomic E-state index is 12.0. The number of amides is 1. The second-order valence-corrected chi connectivity index (χ2v) is 6.09. The molecule has 0 radical (unpaired) electrons. The summed E-state index contributed by atoms with van der Waals surface area (Å²) in [6.45, 7) is 2.16. The maximum absolute atomic E-state index is 12.0. The highest BCUT2D eigenvalue weighted by atomic mass is 32.2. The minimum absolute atomic E-state index is 0.0452. The van der Waals surface area contributed by atoms with E-state index in [1.165, 1.54) is 12.7 Å². The quantitative estimate of drug-likeness (QED) is 0.546. The van der Waals surface area contributed by atoms with Crippen molar-refractivity contribution in [2.45, 2.75) is 13.3 Å². The van der Waals surface area contributed by atoms with E-state index < -0.39 is 0 Å². The van der Waals surface area contributed by atoms with Crippen molar-refractivity contribution < 1.29 is 14.3 Å². The topological polar surface area (TPSA) is 46.6 Å². The molecule has 1 amide bonds. The van der Waals surface area contributed by atoms with Crippen LogP contribution in [0.2, 0.25) is 0 Å². The van der Waals surface area contributed by atoms with E-state index in [0.29, 0.717) is 12.3 Å². The highest BCUT2D eigenvalue weighted by Gasteiger charge is 2.18. The monoisotopic (exact) mass is 309 g/mol. The summed E-state index contributed by atoms with van der Waals surface area (Å²) < 4.78 is 4.66. The van der Waals surface area contributed by atoms with Crippen molar-refractivity contribution in [2.75, 3.05) is 32.2 Å². The van der Waals surface area contributed by atoms with Crippen LogP contribution in [0.25, 0.3) is 0 Å². The smallest absolute Gasteiger partial charge is 0.310 e. The number of nitrogens with zero attached hydrogens (tertiary/aromatic N) is 1. The zero-order valence-electron chi connectivity index (χ0n) is 12.9. The second kappa shape index (κ2) is 9.45. The van der Waals surface area contributed by atoms with Gasteiger partial charge in [0, 0.05) is 13.6 Å². The summed E-state index contributed by atoms with van der Waals surface area (Å²) in [6, 6.07) is 10.2. The largest absolute Gasteiger partial charge is 0.469 e. The molecule has 21 heavy (non-hydrogen) atoms. The van der Waals surface area contributed by atoms with Crippen LogP contribution >= 0.6 is 11.8 Å². The molecule has 0 spiro atoms. The summed E-state index contributed by atoms with van der Waals surface area (Å²) in [7, 11) is 3.08. The molecule has 4 nitrogen and oxygen atoms in total. The molecule has 0 aliphatic rings. The van der Waals surface area contributed by atoms with Gasteiger partial charge in [0.1, 0.15) is 0 Å². The van der Waals surface area contributed by atoms with E-state index in [9.17, 15) is 9.59 Å². The van der Waals surface area contributed by atoms with E-state index in [-0.39, 0.29) is 17.8 Å². The number of benzene rings is 1. The fourth-order valence-electron chi connectivity index (χ4n) is 1.89. The molecule has 5 heteroatoms. The molecule has 0 aromatic heterocycles. The Bertz CT molecular complexity index is 450. The van der Waals surface area contributed by atoms with Gasteiger partial charge in [-0.05, 0) is 17.7 Å². The standard InChI is InChI=1S/C16H23NO3S/c1-13(16(19)20-3)11-17(2)15(18)12-21-10-9-14-7-5-4-6-8-14/h4-8,13H,9-12H2,1-3H3. The molecule has 1 atom stereocenters. The first kappa shape index (κ1) is 17.6. The number of rotatable bonds is 8. The Hall–Kier alpha value is -1.49. The Morgan fingerprint density at radius 2 is 1.95 bits per heavy atom. The Labute approximate surface area is 130 Å². The van der Waals surface area contributed by atoms with Crippen LogP contribution in [0.4, 0.5) is 0 Å². The lowest BCUT2D eigenvalue weighted by Gasteiger charge is -2.20. The summed E-state index contributed by atoms with van der Waals surface area (Å²) in [5.41, 5.74) is 1.28. The number of methoxy groups -OCH3 is 1. The summed E-state index contributed by atoms with van der Waals surface area (Å²) in [5, 5.41) is 0. The number of thioether (sulfide) groups is 1. The van der Waals surface area contributed by atoms with Crippen molar-refractivity contribution in [3.63, 3.8) is 0 Å². The molecule has 0 aliphatic carbocycles. The van der Waals surface area contributed by atoms with Gasteiger partial charge in [0.05, 0.1) is 18.8 Å². The van der Waals surface area contributed by atoms with Gasteiger partial charge in [-0.15, -0.1) is 0 Å². The van der Waals surface area contributed by atoms with Gasteiger partial charge in [-0.25, -0.2) is 0 Å². The van der Waals surface area contributed by atoms with Crippen molar-refractivity contribution in [3.8, 4) is 0 Å². The first-order valence-electron chi connectivity index (χ1n) is 6.98. The van der Waals surface area contributed by atoms with E-state index in [2.05, 4.69) is 16.9 Å². The molecule has 0 saturated carbocycles. The van der Waals surface area contributed by atoms with Crippen molar-refractivity contribution >= 4 is 23.6 Å². The molecular weight excluding hydrogens is 286 g/mol. The van der Waals surface area contributed by atoms with Crippen LogP contribution < -0.4 is 0 Å². The van der Waals surface area contributed by atoms with E-state index in [4.69, 9.17) is 0 Å². The van der Waals surface area contributed by atoms with Crippen LogP contribution in [0.3, 0.4) is 0 Å². The molecular formula is C16H23NO3S. The number of aryl methyl sites for hydroxylation is 1. The third-order valence-corrected chi connectivity index (χ3v) is 4.12. The molecule has 1 aromatic carbocycles. The summed E-state index contributed by atoms with van der Waals surface area (Å²) in [5.74, 6) is 0.821. The van der Waals surface area contributed by atoms with E-state index in [0.717, 1.165) is 12.2 Å². The summed E-state index contributed by atoms with van der Waals surface area (Å²) in [6.07, 6.45) is 0.959. The maximum Gasteiger partial charge on any atom is 0.310 e. The fraction of sp³-hybridized carbons (Fsp3) is 0.500. The Morgan fingerprint density at radius 1 is 1.29 bits per heavy atom. The highest BCUT2D eigenvalue weighted by Crippen LogP contribution is 2.09. The van der Waals surface area contributed by atoms with Gasteiger partial charge in [0.2, 0.25) is 5.91 Å². The zero-order chi connectivity index (χ0) is 15.7. The number of carbonyl (C=O) groups excluding carboxylic acids is 2. The lowest BCUT2D eigenvalue weighted by molar-refractivity contribution is -0.145. The van der Waals surface area contributed by atoms with Gasteiger partial charge < -0.3 is 9.64 Å². The average molecular weight is 309 g/mol. The SMILES string of the molecule is COC(=O)C(C)CN(C)C(=O)CSCCc1ccccc1. The minimum atomic E-state index is -0.293. The minimum Gasteiger partial charge on any atom is -0.469 e. The van der Waals surface area contributed by atoms with E-state index in [1.54, 1.807) is 30.6 Å². The fourth-order valence-corrected chi connectivity index (χ4v) is 2.81. The average Bonchev–Trinajstić information content (AvgIpc) is 2.51. The van der Waals surface area contributed by atoms with Crippen LogP contribution in [-0.4, -0.2) is 49.0 Å². The number of carbonyl (C=O) groups is 2. The third kappa shape index (κ3) is 6.67. The molecule has 0 heterocycles. The molecule has 1 rings (SSSR count). The van der Waals surface area contributed by atoms with Gasteiger partial charge in [0.25, 0.3) is 0 Å². The lowest BCUT2D eigenvalue weighted by Crippen LogP contribution is -2.35. The highest BCUT2D eigenvalue weighted by molar-refractivity contribution is 7.99. The van der Waals surface area contributed by atoms with Crippen molar-refractivity contribution in [1.29, 1.82) is 0 Å². The van der Waals surface area contributed by atoms with Crippen LogP contribution in [0.5, 0.6) is 0 Å². The molecule has 0 saturated heterocycles. The van der Waals surface area contributed by atoms with Crippen molar-refractivity contribution in [2.24, 2.45) is 5.92 Å². The molecule has 116 valence electrons. The van der Waals surface area contributed by atoms with Crippen molar-refractivity contribution in [3.05, 3.63) is 35.9 Å². The third-order valence-electron chi connectivity index (χ3n) is 3.18. The molecule has 0 fully saturated rings. The summed E-state index contributed by atoms with van der Waals surface area (Å²) >= 11 is 1.62. The predicted molar refractivity (Wildman–Crippen MR) is 86.3 cm³/mol. The Morgan fingerprint density at radius 3 is 2.57 bits per heavy atom. The first-order valence-corrected chi connectivity index (χ1v) is 8.13. The van der Waals surface area contributed by atoms with Crippen LogP contribution in [-0.2, 0) is 20.7 Å². The first-order chi connectivity index (χ1) is 10.0. The van der Waals surface area contributed by atoms with Gasteiger partial charge in [-0.1, -0.05) is 37.3 Å². The van der Waals surface area contributed by atoms with Crippen LogP contribution in [0, 0.1) is 5.92 Å². The van der Waals surface area contributed by atoms with Gasteiger partial charge >= 0.3 is 5.97 Å². The van der Waals surface area contributed by atoms with Crippen molar-refractivity contribution in [1.82, 2.24) is 4.90 Å².